The van der Waals surface area contributed by atoms with E-state index in [4.69, 9.17) is 9.47 Å². The maximum atomic E-state index is 13.6. The van der Waals surface area contributed by atoms with Crippen molar-refractivity contribution >= 4 is 12.0 Å². The van der Waals surface area contributed by atoms with Crippen LogP contribution in [0.15, 0.2) is 48.5 Å². The molecule has 2 aromatic carbocycles. The van der Waals surface area contributed by atoms with Crippen molar-refractivity contribution in [2.45, 2.75) is 71.6 Å². The standard InChI is InChI=1S/C32H44FN3O4/c1-4-29-22-35(32(38)40-29)17-5-16-34-18-14-28(15-19-34)36(21-26-6-10-27(33)11-7-26)31(37)20-25-8-12-30(13-9-25)39-23-24(2)3/h6-13,24,28-29H,4-5,14-23H2,1-3H3/t29-/m0/s1. The van der Waals surface area contributed by atoms with Crippen LogP contribution in [0.5, 0.6) is 5.75 Å². The number of rotatable bonds is 13. The van der Waals surface area contributed by atoms with Crippen molar-refractivity contribution in [2.24, 2.45) is 5.92 Å². The first-order valence-electron chi connectivity index (χ1n) is 14.7. The molecule has 2 aromatic rings. The summed E-state index contributed by atoms with van der Waals surface area (Å²) in [4.78, 5) is 31.8. The second kappa shape index (κ2) is 14.5. The summed E-state index contributed by atoms with van der Waals surface area (Å²) in [6, 6.07) is 14.3. The highest BCUT2D eigenvalue weighted by molar-refractivity contribution is 5.79. The average molecular weight is 554 g/mol. The van der Waals surface area contributed by atoms with E-state index in [1.165, 1.54) is 12.1 Å². The molecule has 40 heavy (non-hydrogen) atoms. The Labute approximate surface area is 238 Å². The Kier molecular flexibility index (Phi) is 10.8. The number of halogens is 1. The summed E-state index contributed by atoms with van der Waals surface area (Å²) >= 11 is 0. The summed E-state index contributed by atoms with van der Waals surface area (Å²) in [6.07, 6.45) is 3.67. The largest absolute Gasteiger partial charge is 0.493 e. The fourth-order valence-electron chi connectivity index (χ4n) is 5.36. The van der Waals surface area contributed by atoms with Crippen molar-refractivity contribution in [3.05, 3.63) is 65.5 Å². The number of likely N-dealkylation sites (tertiary alicyclic amines) is 1. The Morgan fingerprint density at radius 2 is 1.73 bits per heavy atom. The van der Waals surface area contributed by atoms with E-state index in [0.29, 0.717) is 38.6 Å². The molecule has 2 aliphatic rings. The number of hydrogen-bond acceptors (Lipinski definition) is 5. The van der Waals surface area contributed by atoms with Gasteiger partial charge in [-0.25, -0.2) is 9.18 Å². The third kappa shape index (κ3) is 8.68. The normalized spacial score (nSPS) is 18.3. The molecule has 2 amide bonds. The molecule has 0 radical (unpaired) electrons. The van der Waals surface area contributed by atoms with Gasteiger partial charge in [-0.1, -0.05) is 45.0 Å². The minimum atomic E-state index is -0.276. The van der Waals surface area contributed by atoms with Crippen molar-refractivity contribution < 1.29 is 23.5 Å². The number of nitrogens with zero attached hydrogens (tertiary/aromatic N) is 3. The predicted molar refractivity (Wildman–Crippen MR) is 154 cm³/mol. The number of carbonyl (C=O) groups is 2. The minimum Gasteiger partial charge on any atom is -0.493 e. The summed E-state index contributed by atoms with van der Waals surface area (Å²) in [5.74, 6) is 1.07. The van der Waals surface area contributed by atoms with E-state index in [2.05, 4.69) is 18.7 Å². The fraction of sp³-hybridized carbons (Fsp3) is 0.562. The van der Waals surface area contributed by atoms with Crippen LogP contribution < -0.4 is 4.74 Å². The summed E-state index contributed by atoms with van der Waals surface area (Å²) in [5, 5.41) is 0. The van der Waals surface area contributed by atoms with Gasteiger partial charge >= 0.3 is 6.09 Å². The molecule has 4 rings (SSSR count). The number of hydrogen-bond donors (Lipinski definition) is 0. The first kappa shape index (κ1) is 29.8. The molecule has 2 fully saturated rings. The van der Waals surface area contributed by atoms with Crippen LogP contribution in [0.1, 0.15) is 57.6 Å². The summed E-state index contributed by atoms with van der Waals surface area (Å²) in [7, 11) is 0. The topological polar surface area (TPSA) is 62.3 Å². The zero-order valence-corrected chi connectivity index (χ0v) is 24.2. The van der Waals surface area contributed by atoms with Crippen LogP contribution in [0.4, 0.5) is 9.18 Å². The molecule has 1 atom stereocenters. The number of cyclic esters (lactones) is 1. The Morgan fingerprint density at radius 1 is 1.05 bits per heavy atom. The van der Waals surface area contributed by atoms with E-state index in [-0.39, 0.29) is 30.0 Å². The summed E-state index contributed by atoms with van der Waals surface area (Å²) in [5.41, 5.74) is 1.88. The van der Waals surface area contributed by atoms with Crippen LogP contribution in [0, 0.1) is 11.7 Å². The van der Waals surface area contributed by atoms with E-state index in [1.54, 1.807) is 12.1 Å². The van der Waals surface area contributed by atoms with Crippen LogP contribution in [0.2, 0.25) is 0 Å². The molecule has 0 spiro atoms. The number of benzene rings is 2. The fourth-order valence-corrected chi connectivity index (χ4v) is 5.36. The number of ether oxygens (including phenoxy) is 2. The lowest BCUT2D eigenvalue weighted by Gasteiger charge is -2.39. The molecule has 7 nitrogen and oxygen atoms in total. The van der Waals surface area contributed by atoms with E-state index >= 15 is 0 Å². The highest BCUT2D eigenvalue weighted by Crippen LogP contribution is 2.22. The van der Waals surface area contributed by atoms with Crippen molar-refractivity contribution in [3.8, 4) is 5.75 Å². The summed E-state index contributed by atoms with van der Waals surface area (Å²) in [6.45, 7) is 11.5. The van der Waals surface area contributed by atoms with Gasteiger partial charge in [0.1, 0.15) is 17.7 Å². The van der Waals surface area contributed by atoms with Gasteiger partial charge in [-0.15, -0.1) is 0 Å². The quantitative estimate of drug-likeness (QED) is 0.327. The molecule has 2 saturated heterocycles. The zero-order valence-electron chi connectivity index (χ0n) is 24.2. The summed E-state index contributed by atoms with van der Waals surface area (Å²) < 4.78 is 24.7. The lowest BCUT2D eigenvalue weighted by molar-refractivity contribution is -0.134. The molecule has 0 unspecified atom stereocenters. The molecule has 0 aromatic heterocycles. The van der Waals surface area contributed by atoms with E-state index in [0.717, 1.165) is 62.2 Å². The second-order valence-electron chi connectivity index (χ2n) is 11.5. The van der Waals surface area contributed by atoms with Crippen molar-refractivity contribution in [3.63, 3.8) is 0 Å². The van der Waals surface area contributed by atoms with E-state index < -0.39 is 0 Å². The number of carbonyl (C=O) groups excluding carboxylic acids is 2. The maximum Gasteiger partial charge on any atom is 0.410 e. The number of amides is 2. The Morgan fingerprint density at radius 3 is 2.35 bits per heavy atom. The smallest absolute Gasteiger partial charge is 0.410 e. The Hall–Kier alpha value is -3.13. The van der Waals surface area contributed by atoms with Gasteiger partial charge in [0.2, 0.25) is 5.91 Å². The van der Waals surface area contributed by atoms with Gasteiger partial charge in [0.25, 0.3) is 0 Å². The van der Waals surface area contributed by atoms with Crippen molar-refractivity contribution in [1.29, 1.82) is 0 Å². The molecule has 0 saturated carbocycles. The van der Waals surface area contributed by atoms with Gasteiger partial charge in [0.05, 0.1) is 19.6 Å². The Balaban J connectivity index is 1.32. The van der Waals surface area contributed by atoms with Gasteiger partial charge in [0, 0.05) is 32.2 Å². The first-order chi connectivity index (χ1) is 19.3. The Bertz CT molecular complexity index is 1080. The van der Waals surface area contributed by atoms with Gasteiger partial charge in [-0.05, 0) is 73.5 Å². The molecule has 0 aliphatic carbocycles. The second-order valence-corrected chi connectivity index (χ2v) is 11.5. The maximum absolute atomic E-state index is 13.6. The van der Waals surface area contributed by atoms with E-state index in [9.17, 15) is 14.0 Å². The molecular formula is C32H44FN3O4. The highest BCUT2D eigenvalue weighted by atomic mass is 19.1. The van der Waals surface area contributed by atoms with Gasteiger partial charge < -0.3 is 24.2 Å². The molecule has 2 aliphatic heterocycles. The molecule has 218 valence electrons. The van der Waals surface area contributed by atoms with Gasteiger partial charge in [-0.2, -0.15) is 0 Å². The van der Waals surface area contributed by atoms with Crippen LogP contribution in [-0.2, 0) is 22.5 Å². The monoisotopic (exact) mass is 553 g/mol. The van der Waals surface area contributed by atoms with Crippen molar-refractivity contribution in [2.75, 3.05) is 39.3 Å². The predicted octanol–water partition coefficient (Wildman–Crippen LogP) is 5.52. The third-order valence-electron chi connectivity index (χ3n) is 7.75. The lowest BCUT2D eigenvalue weighted by atomic mass is 10.0. The highest BCUT2D eigenvalue weighted by Gasteiger charge is 2.31. The lowest BCUT2D eigenvalue weighted by Crippen LogP contribution is -2.48. The van der Waals surface area contributed by atoms with E-state index in [1.807, 2.05) is 41.0 Å². The molecule has 8 heteroatoms. The molecule has 0 N–H and O–H groups in total. The SMILES string of the molecule is CC[C@H]1CN(CCCN2CCC(N(Cc3ccc(F)cc3)C(=O)Cc3ccc(OCC(C)C)cc3)CC2)C(=O)O1. The van der Waals surface area contributed by atoms with Crippen LogP contribution in [0.3, 0.4) is 0 Å². The first-order valence-corrected chi connectivity index (χ1v) is 14.7. The van der Waals surface area contributed by atoms with Crippen molar-refractivity contribution in [1.82, 2.24) is 14.7 Å². The molecule has 0 bridgehead atoms. The number of piperidine rings is 1. The van der Waals surface area contributed by atoms with Crippen LogP contribution >= 0.6 is 0 Å². The van der Waals surface area contributed by atoms with Crippen LogP contribution in [0.25, 0.3) is 0 Å². The minimum absolute atomic E-state index is 0.0176. The molecule has 2 heterocycles. The third-order valence-corrected chi connectivity index (χ3v) is 7.75. The molecular weight excluding hydrogens is 509 g/mol. The zero-order chi connectivity index (χ0) is 28.5. The van der Waals surface area contributed by atoms with Gasteiger partial charge in [0.15, 0.2) is 0 Å². The van der Waals surface area contributed by atoms with Crippen LogP contribution in [-0.4, -0.2) is 78.2 Å². The average Bonchev–Trinajstić information content (AvgIpc) is 3.32. The van der Waals surface area contributed by atoms with Gasteiger partial charge in [-0.3, -0.25) is 4.79 Å².